The molecule has 2 heterocycles. The van der Waals surface area contributed by atoms with Crippen LogP contribution in [-0.2, 0) is 0 Å². The third-order valence-corrected chi connectivity index (χ3v) is 3.12. The van der Waals surface area contributed by atoms with E-state index in [1.54, 1.807) is 6.26 Å². The summed E-state index contributed by atoms with van der Waals surface area (Å²) in [6, 6.07) is 2.73. The molecule has 72 valence electrons. The zero-order valence-electron chi connectivity index (χ0n) is 8.29. The van der Waals surface area contributed by atoms with E-state index in [-0.39, 0.29) is 0 Å². The fourth-order valence-electron chi connectivity index (χ4n) is 2.41. The number of hydrogen-bond donors (Lipinski definition) is 1. The number of nitrogens with one attached hydrogen (secondary N) is 1. The minimum Gasteiger partial charge on any atom is -0.472 e. The fourth-order valence-corrected chi connectivity index (χ4v) is 2.41. The van der Waals surface area contributed by atoms with Gasteiger partial charge < -0.3 is 9.73 Å². The fraction of sp³-hybridized carbons (Fsp3) is 0.636. The van der Waals surface area contributed by atoms with E-state index in [0.717, 1.165) is 12.5 Å². The lowest BCUT2D eigenvalue weighted by molar-refractivity contribution is 0.475. The molecule has 0 amide bonds. The van der Waals surface area contributed by atoms with Gasteiger partial charge in [0, 0.05) is 12.0 Å². The van der Waals surface area contributed by atoms with E-state index in [1.807, 2.05) is 6.26 Å². The van der Waals surface area contributed by atoms with Crippen LogP contribution in [-0.4, -0.2) is 12.6 Å². The summed E-state index contributed by atoms with van der Waals surface area (Å²) in [6.45, 7) is 5.68. The molecule has 0 spiro atoms. The summed E-state index contributed by atoms with van der Waals surface area (Å²) in [5, 5.41) is 3.55. The van der Waals surface area contributed by atoms with Gasteiger partial charge in [-0.2, -0.15) is 0 Å². The molecule has 1 aliphatic heterocycles. The summed E-state index contributed by atoms with van der Waals surface area (Å²) < 4.78 is 5.14. The first kappa shape index (κ1) is 8.82. The lowest BCUT2D eigenvalue weighted by atomic mass is 9.86. The second-order valence-corrected chi connectivity index (χ2v) is 3.98. The highest BCUT2D eigenvalue weighted by atomic mass is 16.3. The molecule has 0 aromatic carbocycles. The molecule has 13 heavy (non-hydrogen) atoms. The molecule has 1 aromatic rings. The first-order chi connectivity index (χ1) is 6.33. The second-order valence-electron chi connectivity index (χ2n) is 3.98. The minimum absolute atomic E-state index is 0.632. The number of furan rings is 1. The highest BCUT2D eigenvalue weighted by Crippen LogP contribution is 2.33. The minimum atomic E-state index is 0.632. The average Bonchev–Trinajstić information content (AvgIpc) is 2.72. The van der Waals surface area contributed by atoms with Gasteiger partial charge in [0.05, 0.1) is 12.5 Å². The molecule has 1 aromatic heterocycles. The standard InChI is InChI=1S/C11H17NO/c1-3-10-11(8(2)6-12-10)9-4-5-13-7-9/h4-5,7-8,10-12H,3,6H2,1-2H3. The van der Waals surface area contributed by atoms with E-state index in [0.29, 0.717) is 12.0 Å². The number of rotatable bonds is 2. The maximum Gasteiger partial charge on any atom is 0.0938 e. The maximum atomic E-state index is 5.14. The van der Waals surface area contributed by atoms with Crippen molar-refractivity contribution in [2.75, 3.05) is 6.54 Å². The lowest BCUT2D eigenvalue weighted by Crippen LogP contribution is -2.24. The summed E-state index contributed by atoms with van der Waals surface area (Å²) in [7, 11) is 0. The van der Waals surface area contributed by atoms with E-state index in [1.165, 1.54) is 12.0 Å². The molecular weight excluding hydrogens is 162 g/mol. The van der Waals surface area contributed by atoms with Gasteiger partial charge in [-0.15, -0.1) is 0 Å². The first-order valence-electron chi connectivity index (χ1n) is 5.08. The van der Waals surface area contributed by atoms with Crippen molar-refractivity contribution < 1.29 is 4.42 Å². The van der Waals surface area contributed by atoms with Crippen LogP contribution in [0.4, 0.5) is 0 Å². The molecule has 0 aliphatic carbocycles. The van der Waals surface area contributed by atoms with Crippen LogP contribution in [0.15, 0.2) is 23.0 Å². The Hall–Kier alpha value is -0.760. The summed E-state index contributed by atoms with van der Waals surface area (Å²) in [5.41, 5.74) is 1.35. The van der Waals surface area contributed by atoms with Crippen LogP contribution >= 0.6 is 0 Å². The molecular formula is C11H17NO. The Morgan fingerprint density at radius 2 is 2.46 bits per heavy atom. The molecule has 2 nitrogen and oxygen atoms in total. The lowest BCUT2D eigenvalue weighted by Gasteiger charge is -2.19. The van der Waals surface area contributed by atoms with Gasteiger partial charge in [0.1, 0.15) is 0 Å². The molecule has 1 N–H and O–H groups in total. The van der Waals surface area contributed by atoms with Gasteiger partial charge in [-0.25, -0.2) is 0 Å². The quantitative estimate of drug-likeness (QED) is 0.754. The molecule has 1 aliphatic rings. The molecule has 0 saturated carbocycles. The highest BCUT2D eigenvalue weighted by Gasteiger charge is 2.33. The number of hydrogen-bond acceptors (Lipinski definition) is 2. The van der Waals surface area contributed by atoms with Crippen LogP contribution in [0, 0.1) is 5.92 Å². The maximum absolute atomic E-state index is 5.14. The summed E-state index contributed by atoms with van der Waals surface area (Å²) in [4.78, 5) is 0. The van der Waals surface area contributed by atoms with Gasteiger partial charge in [-0.1, -0.05) is 13.8 Å². The molecule has 3 atom stereocenters. The Labute approximate surface area is 79.3 Å². The molecule has 0 radical (unpaired) electrons. The zero-order chi connectivity index (χ0) is 9.26. The Balaban J connectivity index is 2.20. The van der Waals surface area contributed by atoms with Gasteiger partial charge >= 0.3 is 0 Å². The smallest absolute Gasteiger partial charge is 0.0938 e. The van der Waals surface area contributed by atoms with Crippen molar-refractivity contribution in [2.24, 2.45) is 5.92 Å². The van der Waals surface area contributed by atoms with Crippen LogP contribution in [0.25, 0.3) is 0 Å². The summed E-state index contributed by atoms with van der Waals surface area (Å²) >= 11 is 0. The molecule has 2 heteroatoms. The molecule has 0 bridgehead atoms. The van der Waals surface area contributed by atoms with Crippen LogP contribution < -0.4 is 5.32 Å². The Bertz CT molecular complexity index is 255. The van der Waals surface area contributed by atoms with Gasteiger partial charge in [0.25, 0.3) is 0 Å². The van der Waals surface area contributed by atoms with Gasteiger partial charge in [-0.05, 0) is 30.5 Å². The van der Waals surface area contributed by atoms with E-state index < -0.39 is 0 Å². The van der Waals surface area contributed by atoms with E-state index in [9.17, 15) is 0 Å². The van der Waals surface area contributed by atoms with Crippen LogP contribution in [0.2, 0.25) is 0 Å². The molecule has 1 fully saturated rings. The Kier molecular flexibility index (Phi) is 2.40. The second kappa shape index (κ2) is 3.54. The van der Waals surface area contributed by atoms with Gasteiger partial charge in [0.15, 0.2) is 0 Å². The Morgan fingerprint density at radius 1 is 1.62 bits per heavy atom. The van der Waals surface area contributed by atoms with Crippen molar-refractivity contribution in [1.82, 2.24) is 5.32 Å². The van der Waals surface area contributed by atoms with Gasteiger partial charge in [-0.3, -0.25) is 0 Å². The van der Waals surface area contributed by atoms with Crippen molar-refractivity contribution >= 4 is 0 Å². The zero-order valence-corrected chi connectivity index (χ0v) is 8.29. The van der Waals surface area contributed by atoms with Crippen molar-refractivity contribution in [3.05, 3.63) is 24.2 Å². The van der Waals surface area contributed by atoms with Crippen LogP contribution in [0.1, 0.15) is 31.7 Å². The van der Waals surface area contributed by atoms with Crippen molar-refractivity contribution in [3.8, 4) is 0 Å². The van der Waals surface area contributed by atoms with E-state index >= 15 is 0 Å². The Morgan fingerprint density at radius 3 is 3.08 bits per heavy atom. The summed E-state index contributed by atoms with van der Waals surface area (Å²) in [6.07, 6.45) is 4.85. The van der Waals surface area contributed by atoms with Crippen molar-refractivity contribution in [3.63, 3.8) is 0 Å². The van der Waals surface area contributed by atoms with Crippen LogP contribution in [0.5, 0.6) is 0 Å². The molecule has 1 saturated heterocycles. The molecule has 2 rings (SSSR count). The monoisotopic (exact) mass is 179 g/mol. The molecule has 3 unspecified atom stereocenters. The van der Waals surface area contributed by atoms with E-state index in [4.69, 9.17) is 4.42 Å². The van der Waals surface area contributed by atoms with Crippen molar-refractivity contribution in [1.29, 1.82) is 0 Å². The largest absolute Gasteiger partial charge is 0.472 e. The third kappa shape index (κ3) is 1.51. The van der Waals surface area contributed by atoms with Gasteiger partial charge in [0.2, 0.25) is 0 Å². The first-order valence-corrected chi connectivity index (χ1v) is 5.08. The van der Waals surface area contributed by atoms with Crippen molar-refractivity contribution in [2.45, 2.75) is 32.2 Å². The highest BCUT2D eigenvalue weighted by molar-refractivity contribution is 5.18. The van der Waals surface area contributed by atoms with Crippen LogP contribution in [0.3, 0.4) is 0 Å². The predicted octanol–water partition coefficient (Wildman–Crippen LogP) is 2.38. The topological polar surface area (TPSA) is 25.2 Å². The normalized spacial score (nSPS) is 33.8. The predicted molar refractivity (Wildman–Crippen MR) is 52.7 cm³/mol. The third-order valence-electron chi connectivity index (χ3n) is 3.12. The summed E-state index contributed by atoms with van der Waals surface area (Å²) in [5.74, 6) is 1.37. The SMILES string of the molecule is CCC1NCC(C)C1c1ccoc1. The van der Waals surface area contributed by atoms with E-state index in [2.05, 4.69) is 25.2 Å². The average molecular weight is 179 g/mol.